The van der Waals surface area contributed by atoms with E-state index in [0.717, 1.165) is 22.3 Å². The van der Waals surface area contributed by atoms with Gasteiger partial charge in [-0.1, -0.05) is 0 Å². The molecule has 1 unspecified atom stereocenters. The smallest absolute Gasteiger partial charge is 0.105 e. The summed E-state index contributed by atoms with van der Waals surface area (Å²) in [7, 11) is 0. The van der Waals surface area contributed by atoms with Crippen molar-refractivity contribution >= 4 is 21.6 Å². The van der Waals surface area contributed by atoms with Crippen LogP contribution in [0.25, 0.3) is 0 Å². The van der Waals surface area contributed by atoms with Gasteiger partial charge in [0, 0.05) is 22.6 Å². The maximum absolute atomic E-state index is 8.80. The SMILES string of the molecule is CC(Cc1ccco1)Nc1ccc(C#N)cc1Br. The molecule has 4 heteroatoms. The first-order valence-corrected chi connectivity index (χ1v) is 6.47. The number of nitrogens with one attached hydrogen (secondary N) is 1. The van der Waals surface area contributed by atoms with Crippen LogP contribution in [0, 0.1) is 11.3 Å². The van der Waals surface area contributed by atoms with Crippen molar-refractivity contribution in [3.63, 3.8) is 0 Å². The maximum atomic E-state index is 8.80. The zero-order valence-corrected chi connectivity index (χ0v) is 11.6. The molecule has 0 bridgehead atoms. The standard InChI is InChI=1S/C14H13BrN2O/c1-10(7-12-3-2-6-18-12)17-14-5-4-11(9-16)8-13(14)15/h2-6,8,10,17H,7H2,1H3. The molecule has 1 aromatic heterocycles. The molecule has 0 aliphatic heterocycles. The maximum Gasteiger partial charge on any atom is 0.105 e. The fourth-order valence-corrected chi connectivity index (χ4v) is 2.24. The van der Waals surface area contributed by atoms with Gasteiger partial charge in [0.1, 0.15) is 5.76 Å². The summed E-state index contributed by atoms with van der Waals surface area (Å²) in [5.74, 6) is 0.958. The molecule has 1 aromatic carbocycles. The lowest BCUT2D eigenvalue weighted by Crippen LogP contribution is -2.18. The van der Waals surface area contributed by atoms with Crippen LogP contribution in [-0.4, -0.2) is 6.04 Å². The van der Waals surface area contributed by atoms with E-state index in [9.17, 15) is 0 Å². The second-order valence-electron chi connectivity index (χ2n) is 4.14. The van der Waals surface area contributed by atoms with Crippen molar-refractivity contribution in [2.24, 2.45) is 0 Å². The first kappa shape index (κ1) is 12.7. The summed E-state index contributed by atoms with van der Waals surface area (Å²) >= 11 is 3.46. The summed E-state index contributed by atoms with van der Waals surface area (Å²) in [6, 6.07) is 11.7. The average Bonchev–Trinajstić information content (AvgIpc) is 2.84. The van der Waals surface area contributed by atoms with Gasteiger partial charge in [0.2, 0.25) is 0 Å². The van der Waals surface area contributed by atoms with Crippen LogP contribution < -0.4 is 5.32 Å². The molecule has 3 nitrogen and oxygen atoms in total. The predicted molar refractivity (Wildman–Crippen MR) is 74.4 cm³/mol. The minimum Gasteiger partial charge on any atom is -0.469 e. The normalized spacial score (nSPS) is 11.8. The van der Waals surface area contributed by atoms with Crippen LogP contribution in [0.3, 0.4) is 0 Å². The molecular formula is C14H13BrN2O. The third-order valence-electron chi connectivity index (χ3n) is 2.59. The van der Waals surface area contributed by atoms with Crippen LogP contribution in [0.5, 0.6) is 0 Å². The van der Waals surface area contributed by atoms with Crippen LogP contribution >= 0.6 is 15.9 Å². The summed E-state index contributed by atoms with van der Waals surface area (Å²) in [5.41, 5.74) is 1.62. The Morgan fingerprint density at radius 1 is 1.44 bits per heavy atom. The van der Waals surface area contributed by atoms with E-state index >= 15 is 0 Å². The second kappa shape index (κ2) is 5.74. The topological polar surface area (TPSA) is 49.0 Å². The number of hydrogen-bond donors (Lipinski definition) is 1. The molecular weight excluding hydrogens is 292 g/mol. The summed E-state index contributed by atoms with van der Waals surface area (Å²) in [6.45, 7) is 2.09. The largest absolute Gasteiger partial charge is 0.469 e. The van der Waals surface area contributed by atoms with Crippen LogP contribution in [0.4, 0.5) is 5.69 Å². The number of halogens is 1. The first-order chi connectivity index (χ1) is 8.69. The van der Waals surface area contributed by atoms with Gasteiger partial charge in [-0.15, -0.1) is 0 Å². The Labute approximate surface area is 115 Å². The molecule has 0 radical (unpaired) electrons. The second-order valence-corrected chi connectivity index (χ2v) is 4.99. The molecule has 0 saturated heterocycles. The molecule has 2 rings (SSSR count). The summed E-state index contributed by atoms with van der Waals surface area (Å²) < 4.78 is 6.21. The lowest BCUT2D eigenvalue weighted by molar-refractivity contribution is 0.498. The Morgan fingerprint density at radius 3 is 2.89 bits per heavy atom. The Hall–Kier alpha value is -1.73. The van der Waals surface area contributed by atoms with Crippen LogP contribution in [0.15, 0.2) is 45.5 Å². The van der Waals surface area contributed by atoms with E-state index < -0.39 is 0 Å². The molecule has 18 heavy (non-hydrogen) atoms. The molecule has 0 aliphatic rings. The fraction of sp³-hybridized carbons (Fsp3) is 0.214. The Kier molecular flexibility index (Phi) is 4.06. The monoisotopic (exact) mass is 304 g/mol. The van der Waals surface area contributed by atoms with Crippen molar-refractivity contribution in [3.05, 3.63) is 52.4 Å². The minimum absolute atomic E-state index is 0.250. The minimum atomic E-state index is 0.250. The summed E-state index contributed by atoms with van der Waals surface area (Å²) in [6.07, 6.45) is 2.50. The Bertz CT molecular complexity index is 558. The molecule has 0 spiro atoms. The van der Waals surface area contributed by atoms with E-state index in [1.165, 1.54) is 0 Å². The van der Waals surface area contributed by atoms with Gasteiger partial charge in [-0.25, -0.2) is 0 Å². The average molecular weight is 305 g/mol. The molecule has 1 atom stereocenters. The zero-order valence-electron chi connectivity index (χ0n) is 9.98. The number of nitriles is 1. The van der Waals surface area contributed by atoms with E-state index in [1.54, 1.807) is 12.3 Å². The number of nitrogens with zero attached hydrogens (tertiary/aromatic N) is 1. The predicted octanol–water partition coefficient (Wildman–Crippen LogP) is 3.96. The zero-order chi connectivity index (χ0) is 13.0. The van der Waals surface area contributed by atoms with Gasteiger partial charge in [-0.3, -0.25) is 0 Å². The number of rotatable bonds is 4. The molecule has 0 saturated carbocycles. The summed E-state index contributed by atoms with van der Waals surface area (Å²) in [5, 5.41) is 12.2. The molecule has 0 amide bonds. The van der Waals surface area contributed by atoms with Crippen molar-refractivity contribution in [1.82, 2.24) is 0 Å². The molecule has 1 N–H and O–H groups in total. The highest BCUT2D eigenvalue weighted by Gasteiger charge is 2.08. The van der Waals surface area contributed by atoms with Gasteiger partial charge in [-0.2, -0.15) is 5.26 Å². The lowest BCUT2D eigenvalue weighted by atomic mass is 10.1. The van der Waals surface area contributed by atoms with E-state index in [4.69, 9.17) is 9.68 Å². The van der Waals surface area contributed by atoms with E-state index in [-0.39, 0.29) is 6.04 Å². The van der Waals surface area contributed by atoms with Gasteiger partial charge in [-0.05, 0) is 53.2 Å². The number of anilines is 1. The van der Waals surface area contributed by atoms with Gasteiger partial charge in [0.25, 0.3) is 0 Å². The molecule has 2 aromatic rings. The van der Waals surface area contributed by atoms with Crippen molar-refractivity contribution in [1.29, 1.82) is 5.26 Å². The lowest BCUT2D eigenvalue weighted by Gasteiger charge is -2.15. The molecule has 0 aliphatic carbocycles. The van der Waals surface area contributed by atoms with E-state index in [2.05, 4.69) is 34.2 Å². The van der Waals surface area contributed by atoms with Crippen molar-refractivity contribution in [2.75, 3.05) is 5.32 Å². The highest BCUT2D eigenvalue weighted by molar-refractivity contribution is 9.10. The van der Waals surface area contributed by atoms with Crippen LogP contribution in [-0.2, 0) is 6.42 Å². The van der Waals surface area contributed by atoms with Crippen molar-refractivity contribution in [2.45, 2.75) is 19.4 Å². The van der Waals surface area contributed by atoms with Gasteiger partial charge in [0.05, 0.1) is 17.9 Å². The fourth-order valence-electron chi connectivity index (χ4n) is 1.75. The van der Waals surface area contributed by atoms with Crippen molar-refractivity contribution < 1.29 is 4.42 Å². The summed E-state index contributed by atoms with van der Waals surface area (Å²) in [4.78, 5) is 0. The third-order valence-corrected chi connectivity index (χ3v) is 3.24. The van der Waals surface area contributed by atoms with Crippen molar-refractivity contribution in [3.8, 4) is 6.07 Å². The molecule has 92 valence electrons. The highest BCUT2D eigenvalue weighted by atomic mass is 79.9. The highest BCUT2D eigenvalue weighted by Crippen LogP contribution is 2.24. The third kappa shape index (κ3) is 3.14. The van der Waals surface area contributed by atoms with Crippen LogP contribution in [0.2, 0.25) is 0 Å². The van der Waals surface area contributed by atoms with Crippen LogP contribution in [0.1, 0.15) is 18.2 Å². The Balaban J connectivity index is 2.03. The first-order valence-electron chi connectivity index (χ1n) is 5.67. The quantitative estimate of drug-likeness (QED) is 0.930. The van der Waals surface area contributed by atoms with Gasteiger partial charge < -0.3 is 9.73 Å². The van der Waals surface area contributed by atoms with Gasteiger partial charge >= 0.3 is 0 Å². The number of benzene rings is 1. The van der Waals surface area contributed by atoms with E-state index in [1.807, 2.05) is 24.3 Å². The molecule has 1 heterocycles. The van der Waals surface area contributed by atoms with Gasteiger partial charge in [0.15, 0.2) is 0 Å². The number of hydrogen-bond acceptors (Lipinski definition) is 3. The molecule has 0 fully saturated rings. The Morgan fingerprint density at radius 2 is 2.28 bits per heavy atom. The number of furan rings is 1. The van der Waals surface area contributed by atoms with E-state index in [0.29, 0.717) is 5.56 Å².